The molecule has 0 radical (unpaired) electrons. The lowest BCUT2D eigenvalue weighted by Crippen LogP contribution is -2.48. The monoisotopic (exact) mass is 382 g/mol. The maximum atomic E-state index is 13.1. The van der Waals surface area contributed by atoms with Crippen LogP contribution in [0.2, 0.25) is 0 Å². The first-order valence-electron chi connectivity index (χ1n) is 9.89. The summed E-state index contributed by atoms with van der Waals surface area (Å²) in [5.74, 6) is 0.447. The average molecular weight is 382 g/mol. The molecular weight excluding hydrogens is 360 g/mol. The van der Waals surface area contributed by atoms with Crippen LogP contribution in [0.5, 0.6) is 0 Å². The standard InChI is InChI=1S/C21H22N2O5/c24-20(27-16-10-14-8-9-15(11-16)23(14)21(25)26)17-18(12-4-2-1-3-5-12)22-28-19(17)13-6-7-13/h1-5,13-16H,6-11H2,(H,25,26)/t14-,15+,16-. The van der Waals surface area contributed by atoms with E-state index in [0.29, 0.717) is 29.9 Å². The van der Waals surface area contributed by atoms with Gasteiger partial charge in [0.1, 0.15) is 17.4 Å². The van der Waals surface area contributed by atoms with E-state index in [1.165, 1.54) is 4.90 Å². The summed E-state index contributed by atoms with van der Waals surface area (Å²) < 4.78 is 11.4. The summed E-state index contributed by atoms with van der Waals surface area (Å²) in [4.78, 5) is 26.1. The number of benzene rings is 1. The van der Waals surface area contributed by atoms with E-state index in [1.807, 2.05) is 30.3 Å². The largest absolute Gasteiger partial charge is 0.465 e. The fraction of sp³-hybridized carbons (Fsp3) is 0.476. The number of esters is 1. The van der Waals surface area contributed by atoms with Gasteiger partial charge in [0.15, 0.2) is 5.76 Å². The van der Waals surface area contributed by atoms with E-state index >= 15 is 0 Å². The van der Waals surface area contributed by atoms with Crippen LogP contribution in [-0.2, 0) is 4.74 Å². The Hall–Kier alpha value is -2.83. The molecule has 1 aromatic heterocycles. The molecule has 0 unspecified atom stereocenters. The van der Waals surface area contributed by atoms with Gasteiger partial charge in [0.2, 0.25) is 0 Å². The molecular formula is C21H22N2O5. The van der Waals surface area contributed by atoms with Crippen LogP contribution in [0.25, 0.3) is 11.3 Å². The molecule has 3 atom stereocenters. The van der Waals surface area contributed by atoms with Gasteiger partial charge in [-0.2, -0.15) is 0 Å². The van der Waals surface area contributed by atoms with E-state index in [9.17, 15) is 14.7 Å². The fourth-order valence-electron chi connectivity index (χ4n) is 4.66. The zero-order chi connectivity index (χ0) is 19.3. The number of ether oxygens (including phenoxy) is 1. The summed E-state index contributed by atoms with van der Waals surface area (Å²) in [6.07, 6.45) is 3.61. The summed E-state index contributed by atoms with van der Waals surface area (Å²) in [7, 11) is 0. The normalized spacial score (nSPS) is 26.3. The third-order valence-electron chi connectivity index (χ3n) is 6.10. The number of carbonyl (C=O) groups is 2. The van der Waals surface area contributed by atoms with Crippen molar-refractivity contribution in [1.82, 2.24) is 10.1 Å². The molecule has 1 aromatic carbocycles. The Morgan fingerprint density at radius 1 is 1.07 bits per heavy atom. The van der Waals surface area contributed by atoms with E-state index < -0.39 is 12.1 Å². The predicted octanol–water partition coefficient (Wildman–Crippen LogP) is 4.05. The summed E-state index contributed by atoms with van der Waals surface area (Å²) >= 11 is 0. The van der Waals surface area contributed by atoms with E-state index in [0.717, 1.165) is 31.2 Å². The number of hydrogen-bond acceptors (Lipinski definition) is 5. The molecule has 3 heterocycles. The molecule has 2 aromatic rings. The van der Waals surface area contributed by atoms with Crippen molar-refractivity contribution in [3.8, 4) is 11.3 Å². The minimum atomic E-state index is -0.876. The number of nitrogens with zero attached hydrogens (tertiary/aromatic N) is 2. The molecule has 1 amide bonds. The Balaban J connectivity index is 1.39. The minimum absolute atomic E-state index is 0.0620. The van der Waals surface area contributed by atoms with Gasteiger partial charge in [-0.25, -0.2) is 9.59 Å². The van der Waals surface area contributed by atoms with E-state index in [4.69, 9.17) is 9.26 Å². The third-order valence-corrected chi connectivity index (χ3v) is 6.10. The molecule has 2 aliphatic heterocycles. The Morgan fingerprint density at radius 2 is 1.75 bits per heavy atom. The summed E-state index contributed by atoms with van der Waals surface area (Å²) in [5, 5.41) is 13.6. The smallest absolute Gasteiger partial charge is 0.407 e. The topological polar surface area (TPSA) is 92.9 Å². The molecule has 7 nitrogen and oxygen atoms in total. The van der Waals surface area contributed by atoms with Gasteiger partial charge in [0, 0.05) is 36.4 Å². The molecule has 146 valence electrons. The molecule has 2 saturated heterocycles. The maximum absolute atomic E-state index is 13.1. The van der Waals surface area contributed by atoms with Crippen molar-refractivity contribution in [2.24, 2.45) is 0 Å². The second-order valence-electron chi connectivity index (χ2n) is 7.98. The first-order valence-corrected chi connectivity index (χ1v) is 9.89. The Bertz CT molecular complexity index is 891. The number of aromatic nitrogens is 1. The van der Waals surface area contributed by atoms with Gasteiger partial charge >= 0.3 is 12.1 Å². The van der Waals surface area contributed by atoms with Crippen LogP contribution in [-0.4, -0.2) is 45.4 Å². The van der Waals surface area contributed by atoms with Crippen LogP contribution in [0, 0.1) is 0 Å². The predicted molar refractivity (Wildman–Crippen MR) is 99.0 cm³/mol. The Labute approximate surface area is 162 Å². The highest BCUT2D eigenvalue weighted by atomic mass is 16.5. The maximum Gasteiger partial charge on any atom is 0.407 e. The van der Waals surface area contributed by atoms with Crippen LogP contribution in [0.3, 0.4) is 0 Å². The van der Waals surface area contributed by atoms with E-state index in [1.54, 1.807) is 0 Å². The van der Waals surface area contributed by atoms with Gasteiger partial charge in [0.25, 0.3) is 0 Å². The van der Waals surface area contributed by atoms with Crippen molar-refractivity contribution >= 4 is 12.1 Å². The first kappa shape index (κ1) is 17.3. The van der Waals surface area contributed by atoms with Crippen molar-refractivity contribution in [2.75, 3.05) is 0 Å². The van der Waals surface area contributed by atoms with Crippen LogP contribution < -0.4 is 0 Å². The van der Waals surface area contributed by atoms with Crippen molar-refractivity contribution in [2.45, 2.75) is 62.6 Å². The second kappa shape index (κ2) is 6.65. The highest BCUT2D eigenvalue weighted by Crippen LogP contribution is 2.44. The molecule has 7 heteroatoms. The Kier molecular flexibility index (Phi) is 4.10. The molecule has 1 aliphatic carbocycles. The highest BCUT2D eigenvalue weighted by molar-refractivity contribution is 5.97. The van der Waals surface area contributed by atoms with Crippen molar-refractivity contribution < 1.29 is 24.0 Å². The molecule has 1 saturated carbocycles. The summed E-state index contributed by atoms with van der Waals surface area (Å²) in [6, 6.07) is 9.38. The van der Waals surface area contributed by atoms with E-state index in [2.05, 4.69) is 5.16 Å². The van der Waals surface area contributed by atoms with Crippen LogP contribution in [0.4, 0.5) is 4.79 Å². The van der Waals surface area contributed by atoms with Crippen molar-refractivity contribution in [3.63, 3.8) is 0 Å². The number of carbonyl (C=O) groups excluding carboxylic acids is 1. The molecule has 1 N–H and O–H groups in total. The number of carboxylic acid groups (broad SMARTS) is 1. The average Bonchev–Trinajstić information content (AvgIpc) is 3.37. The lowest BCUT2D eigenvalue weighted by molar-refractivity contribution is -0.00218. The SMILES string of the molecule is O=C(O[C@@H]1C[C@H]2CC[C@@H](C1)N2C(=O)O)c1c(-c2ccccc2)noc1C1CC1. The molecule has 3 fully saturated rings. The number of rotatable bonds is 4. The van der Waals surface area contributed by atoms with E-state index in [-0.39, 0.29) is 24.1 Å². The quantitative estimate of drug-likeness (QED) is 0.802. The van der Waals surface area contributed by atoms with Gasteiger partial charge in [-0.1, -0.05) is 35.5 Å². The molecule has 5 rings (SSSR count). The molecule has 28 heavy (non-hydrogen) atoms. The summed E-state index contributed by atoms with van der Waals surface area (Å²) in [5.41, 5.74) is 1.78. The minimum Gasteiger partial charge on any atom is -0.465 e. The van der Waals surface area contributed by atoms with Crippen LogP contribution in [0.1, 0.15) is 60.6 Å². The van der Waals surface area contributed by atoms with Gasteiger partial charge in [-0.05, 0) is 25.7 Å². The van der Waals surface area contributed by atoms with Gasteiger partial charge in [-0.3, -0.25) is 0 Å². The fourth-order valence-corrected chi connectivity index (χ4v) is 4.66. The zero-order valence-corrected chi connectivity index (χ0v) is 15.4. The third kappa shape index (κ3) is 2.95. The highest BCUT2D eigenvalue weighted by Gasteiger charge is 2.45. The van der Waals surface area contributed by atoms with Crippen LogP contribution >= 0.6 is 0 Å². The number of fused-ring (bicyclic) bond motifs is 2. The van der Waals surface area contributed by atoms with Crippen molar-refractivity contribution in [3.05, 3.63) is 41.7 Å². The lowest BCUT2D eigenvalue weighted by atomic mass is 9.99. The Morgan fingerprint density at radius 3 is 2.36 bits per heavy atom. The summed E-state index contributed by atoms with van der Waals surface area (Å²) in [6.45, 7) is 0. The molecule has 2 bridgehead atoms. The second-order valence-corrected chi connectivity index (χ2v) is 7.98. The van der Waals surface area contributed by atoms with Gasteiger partial charge < -0.3 is 19.3 Å². The lowest BCUT2D eigenvalue weighted by Gasteiger charge is -2.36. The van der Waals surface area contributed by atoms with Crippen molar-refractivity contribution in [1.29, 1.82) is 0 Å². The number of piperidine rings is 1. The molecule has 0 spiro atoms. The zero-order valence-electron chi connectivity index (χ0n) is 15.4. The van der Waals surface area contributed by atoms with Gasteiger partial charge in [-0.15, -0.1) is 0 Å². The number of hydrogen-bond donors (Lipinski definition) is 1. The number of amides is 1. The first-order chi connectivity index (χ1) is 13.6. The van der Waals surface area contributed by atoms with Gasteiger partial charge in [0.05, 0.1) is 0 Å². The van der Waals surface area contributed by atoms with Crippen LogP contribution in [0.15, 0.2) is 34.9 Å². The molecule has 3 aliphatic rings.